The second-order valence-electron chi connectivity index (χ2n) is 3.53. The van der Waals surface area contributed by atoms with Crippen molar-refractivity contribution in [2.45, 2.75) is 50.8 Å². The van der Waals surface area contributed by atoms with Crippen LogP contribution in [-0.4, -0.2) is 29.1 Å². The van der Waals surface area contributed by atoms with Crippen molar-refractivity contribution >= 4 is 0 Å². The number of aliphatic hydroxyl groups is 2. The molecule has 0 spiro atoms. The van der Waals surface area contributed by atoms with Crippen LogP contribution in [0, 0.1) is 0 Å². The molecule has 1 unspecified atom stereocenters. The van der Waals surface area contributed by atoms with E-state index >= 15 is 0 Å². The van der Waals surface area contributed by atoms with E-state index in [4.69, 9.17) is 5.11 Å². The summed E-state index contributed by atoms with van der Waals surface area (Å²) in [5.41, 5.74) is 0. The van der Waals surface area contributed by atoms with Gasteiger partial charge in [0.2, 0.25) is 0 Å². The fourth-order valence-electron chi connectivity index (χ4n) is 1.75. The maximum atomic E-state index is 9.33. The van der Waals surface area contributed by atoms with Crippen molar-refractivity contribution < 1.29 is 10.2 Å². The summed E-state index contributed by atoms with van der Waals surface area (Å²) in [7, 11) is 0. The number of rotatable bonds is 4. The van der Waals surface area contributed by atoms with Crippen LogP contribution in [0.3, 0.4) is 0 Å². The molecule has 1 saturated carbocycles. The average Bonchev–Trinajstić information content (AvgIpc) is 2.06. The second-order valence-corrected chi connectivity index (χ2v) is 3.53. The molecule has 0 radical (unpaired) electrons. The Morgan fingerprint density at radius 3 is 2.50 bits per heavy atom. The van der Waals surface area contributed by atoms with Crippen molar-refractivity contribution in [1.29, 1.82) is 0 Å². The van der Waals surface area contributed by atoms with Gasteiger partial charge in [-0.15, -0.1) is 0 Å². The molecule has 0 aromatic rings. The summed E-state index contributed by atoms with van der Waals surface area (Å²) in [5, 5.41) is 21.0. The van der Waals surface area contributed by atoms with Crippen LogP contribution in [-0.2, 0) is 0 Å². The third-order valence-electron chi connectivity index (χ3n) is 2.44. The quantitative estimate of drug-likeness (QED) is 0.546. The van der Waals surface area contributed by atoms with Crippen molar-refractivity contribution in [2.75, 3.05) is 6.61 Å². The first kappa shape index (κ1) is 9.96. The van der Waals surface area contributed by atoms with E-state index in [1.165, 1.54) is 32.1 Å². The smallest absolute Gasteiger partial charge is 0.107 e. The molecule has 0 aromatic heterocycles. The maximum absolute atomic E-state index is 9.33. The van der Waals surface area contributed by atoms with Gasteiger partial charge in [0, 0.05) is 19.1 Å². The highest BCUT2D eigenvalue weighted by Gasteiger charge is 2.15. The molecule has 1 aliphatic carbocycles. The fourth-order valence-corrected chi connectivity index (χ4v) is 1.75. The number of aliphatic hydroxyl groups excluding tert-OH is 2. The molecule has 72 valence electrons. The van der Waals surface area contributed by atoms with Crippen LogP contribution in [0.5, 0.6) is 0 Å². The zero-order valence-corrected chi connectivity index (χ0v) is 7.50. The summed E-state index contributed by atoms with van der Waals surface area (Å²) in [4.78, 5) is 0. The Kier molecular flexibility index (Phi) is 4.58. The molecule has 1 fully saturated rings. The van der Waals surface area contributed by atoms with Crippen LogP contribution in [0.15, 0.2) is 0 Å². The van der Waals surface area contributed by atoms with E-state index in [1.54, 1.807) is 0 Å². The highest BCUT2D eigenvalue weighted by Crippen LogP contribution is 2.17. The zero-order valence-electron chi connectivity index (χ0n) is 7.50. The minimum atomic E-state index is -0.516. The van der Waals surface area contributed by atoms with Gasteiger partial charge in [-0.25, -0.2) is 0 Å². The van der Waals surface area contributed by atoms with Crippen LogP contribution in [0.4, 0.5) is 0 Å². The third-order valence-corrected chi connectivity index (χ3v) is 2.44. The van der Waals surface area contributed by atoms with Gasteiger partial charge >= 0.3 is 0 Å². The van der Waals surface area contributed by atoms with Crippen molar-refractivity contribution in [3.8, 4) is 0 Å². The van der Waals surface area contributed by atoms with E-state index in [2.05, 4.69) is 5.32 Å². The lowest BCUT2D eigenvalue weighted by Gasteiger charge is -2.25. The van der Waals surface area contributed by atoms with Gasteiger partial charge in [-0.1, -0.05) is 19.3 Å². The lowest BCUT2D eigenvalue weighted by molar-refractivity contribution is 0.0844. The fraction of sp³-hybridized carbons (Fsp3) is 1.00. The summed E-state index contributed by atoms with van der Waals surface area (Å²) in [5.74, 6) is 0. The summed E-state index contributed by atoms with van der Waals surface area (Å²) in [6.45, 7) is 0.0564. The van der Waals surface area contributed by atoms with E-state index in [9.17, 15) is 5.11 Å². The molecule has 3 heteroatoms. The Morgan fingerprint density at radius 1 is 1.25 bits per heavy atom. The van der Waals surface area contributed by atoms with Crippen LogP contribution >= 0.6 is 0 Å². The predicted molar refractivity (Wildman–Crippen MR) is 47.7 cm³/mol. The number of hydrogen-bond acceptors (Lipinski definition) is 3. The Hall–Kier alpha value is -0.120. The Labute approximate surface area is 73.8 Å². The first-order valence-corrected chi connectivity index (χ1v) is 4.88. The molecule has 0 aliphatic heterocycles. The van der Waals surface area contributed by atoms with Crippen LogP contribution < -0.4 is 5.32 Å². The monoisotopic (exact) mass is 173 g/mol. The molecule has 0 aromatic carbocycles. The molecule has 3 nitrogen and oxygen atoms in total. The molecule has 1 atom stereocenters. The number of nitrogens with one attached hydrogen (secondary N) is 1. The molecule has 12 heavy (non-hydrogen) atoms. The molecular weight excluding hydrogens is 154 g/mol. The lowest BCUT2D eigenvalue weighted by Crippen LogP contribution is -2.39. The highest BCUT2D eigenvalue weighted by atomic mass is 16.3. The first-order chi connectivity index (χ1) is 5.83. The molecule has 0 amide bonds. The summed E-state index contributed by atoms with van der Waals surface area (Å²) >= 11 is 0. The van der Waals surface area contributed by atoms with E-state index in [1.807, 2.05) is 0 Å². The van der Waals surface area contributed by atoms with Gasteiger partial charge < -0.3 is 10.2 Å². The highest BCUT2D eigenvalue weighted by molar-refractivity contribution is 4.72. The molecule has 0 saturated heterocycles. The SMILES string of the molecule is OCCC(O)NC1CCCCC1. The maximum Gasteiger partial charge on any atom is 0.107 e. The summed E-state index contributed by atoms with van der Waals surface area (Å²) in [6.07, 6.45) is 6.13. The van der Waals surface area contributed by atoms with Gasteiger partial charge in [0.15, 0.2) is 0 Å². The molecule has 0 bridgehead atoms. The van der Waals surface area contributed by atoms with Gasteiger partial charge in [0.1, 0.15) is 6.23 Å². The molecule has 3 N–H and O–H groups in total. The molecular formula is C9H19NO2. The van der Waals surface area contributed by atoms with E-state index in [0.29, 0.717) is 12.5 Å². The van der Waals surface area contributed by atoms with E-state index in [0.717, 1.165) is 0 Å². The van der Waals surface area contributed by atoms with Gasteiger partial charge in [-0.2, -0.15) is 0 Å². The lowest BCUT2D eigenvalue weighted by atomic mass is 9.95. The standard InChI is InChI=1S/C9H19NO2/c11-7-6-9(12)10-8-4-2-1-3-5-8/h8-12H,1-7H2. The zero-order chi connectivity index (χ0) is 8.81. The van der Waals surface area contributed by atoms with Gasteiger partial charge in [-0.3, -0.25) is 5.32 Å². The normalized spacial score (nSPS) is 22.5. The van der Waals surface area contributed by atoms with Crippen molar-refractivity contribution in [3.63, 3.8) is 0 Å². The largest absolute Gasteiger partial charge is 0.396 e. The van der Waals surface area contributed by atoms with Crippen LogP contribution in [0.25, 0.3) is 0 Å². The summed E-state index contributed by atoms with van der Waals surface area (Å²) < 4.78 is 0. The van der Waals surface area contributed by atoms with E-state index in [-0.39, 0.29) is 6.61 Å². The third kappa shape index (κ3) is 3.52. The minimum absolute atomic E-state index is 0.0564. The average molecular weight is 173 g/mol. The van der Waals surface area contributed by atoms with Gasteiger partial charge in [0.25, 0.3) is 0 Å². The Morgan fingerprint density at radius 2 is 1.92 bits per heavy atom. The molecule has 1 aliphatic rings. The minimum Gasteiger partial charge on any atom is -0.396 e. The Balaban J connectivity index is 2.11. The van der Waals surface area contributed by atoms with Crippen molar-refractivity contribution in [2.24, 2.45) is 0 Å². The summed E-state index contributed by atoms with van der Waals surface area (Å²) in [6, 6.07) is 0.472. The molecule has 0 heterocycles. The van der Waals surface area contributed by atoms with Gasteiger partial charge in [0.05, 0.1) is 0 Å². The topological polar surface area (TPSA) is 52.5 Å². The van der Waals surface area contributed by atoms with Crippen molar-refractivity contribution in [3.05, 3.63) is 0 Å². The van der Waals surface area contributed by atoms with Crippen molar-refractivity contribution in [1.82, 2.24) is 5.32 Å². The Bertz CT molecular complexity index is 113. The van der Waals surface area contributed by atoms with Crippen LogP contribution in [0.1, 0.15) is 38.5 Å². The van der Waals surface area contributed by atoms with E-state index < -0.39 is 6.23 Å². The second kappa shape index (κ2) is 5.51. The van der Waals surface area contributed by atoms with Crippen LogP contribution in [0.2, 0.25) is 0 Å². The number of hydrogen-bond donors (Lipinski definition) is 3. The first-order valence-electron chi connectivity index (χ1n) is 4.88. The van der Waals surface area contributed by atoms with Gasteiger partial charge in [-0.05, 0) is 12.8 Å². The molecule has 1 rings (SSSR count). The predicted octanol–water partition coefficient (Wildman–Crippen LogP) is 0.609.